The van der Waals surface area contributed by atoms with E-state index >= 15 is 0 Å². The van der Waals surface area contributed by atoms with Gasteiger partial charge in [0.1, 0.15) is 11.6 Å². The van der Waals surface area contributed by atoms with E-state index in [1.165, 1.54) is 23.4 Å². The Morgan fingerprint density at radius 2 is 1.86 bits per heavy atom. The van der Waals surface area contributed by atoms with E-state index in [-0.39, 0.29) is 29.0 Å². The first-order chi connectivity index (χ1) is 10.4. The van der Waals surface area contributed by atoms with Crippen molar-refractivity contribution in [3.05, 3.63) is 52.1 Å². The van der Waals surface area contributed by atoms with Gasteiger partial charge in [0.25, 0.3) is 0 Å². The average molecular weight is 299 g/mol. The quantitative estimate of drug-likeness (QED) is 0.595. The lowest BCUT2D eigenvalue weighted by Gasteiger charge is -2.37. The van der Waals surface area contributed by atoms with Crippen LogP contribution in [-0.2, 0) is 0 Å². The molecule has 0 N–H and O–H groups in total. The molecule has 0 spiro atoms. The van der Waals surface area contributed by atoms with Crippen LogP contribution in [0.2, 0.25) is 0 Å². The zero-order chi connectivity index (χ0) is 15.6. The maximum absolute atomic E-state index is 14.2. The summed E-state index contributed by atoms with van der Waals surface area (Å²) in [5.41, 5.74) is 4.40. The molecule has 2 unspecified atom stereocenters. The van der Waals surface area contributed by atoms with Crippen molar-refractivity contribution in [3.63, 3.8) is 0 Å². The first-order valence-electron chi connectivity index (χ1n) is 7.82. The summed E-state index contributed by atoms with van der Waals surface area (Å²) in [6.07, 6.45) is 5.58. The minimum Gasteiger partial charge on any atom is -0.283 e. The second-order valence-corrected chi connectivity index (χ2v) is 7.24. The molecule has 114 valence electrons. The molecule has 3 aliphatic rings. The smallest absolute Gasteiger partial charge is 0.130 e. The summed E-state index contributed by atoms with van der Waals surface area (Å²) < 4.78 is 28.3. The van der Waals surface area contributed by atoms with Gasteiger partial charge in [-0.2, -0.15) is 0 Å². The second kappa shape index (κ2) is 4.37. The summed E-state index contributed by atoms with van der Waals surface area (Å²) in [6, 6.07) is 2.47. The SMILES string of the molecule is CC1=CC(C)(C)N=C2CC3=Cc4c(F)ccc(F)c4C3CC12. The Morgan fingerprint density at radius 3 is 2.64 bits per heavy atom. The first-order valence-corrected chi connectivity index (χ1v) is 7.82. The summed E-state index contributed by atoms with van der Waals surface area (Å²) in [4.78, 5) is 4.87. The Bertz CT molecular complexity index is 768. The summed E-state index contributed by atoms with van der Waals surface area (Å²) in [5, 5.41) is 0. The highest BCUT2D eigenvalue weighted by molar-refractivity contribution is 5.96. The molecule has 0 bridgehead atoms. The Morgan fingerprint density at radius 1 is 1.14 bits per heavy atom. The lowest BCUT2D eigenvalue weighted by Crippen LogP contribution is -2.33. The maximum Gasteiger partial charge on any atom is 0.130 e. The lowest BCUT2D eigenvalue weighted by atomic mass is 9.71. The minimum absolute atomic E-state index is 0.000729. The van der Waals surface area contributed by atoms with Crippen molar-refractivity contribution in [1.29, 1.82) is 0 Å². The summed E-state index contributed by atoms with van der Waals surface area (Å²) in [6.45, 7) is 6.33. The largest absolute Gasteiger partial charge is 0.283 e. The Balaban J connectivity index is 1.80. The van der Waals surface area contributed by atoms with Crippen LogP contribution in [0.4, 0.5) is 8.78 Å². The highest BCUT2D eigenvalue weighted by atomic mass is 19.1. The topological polar surface area (TPSA) is 12.4 Å². The van der Waals surface area contributed by atoms with Crippen LogP contribution < -0.4 is 0 Å². The molecule has 0 radical (unpaired) electrons. The van der Waals surface area contributed by atoms with Crippen LogP contribution in [-0.4, -0.2) is 11.3 Å². The normalized spacial score (nSPS) is 28.1. The molecular weight excluding hydrogens is 280 g/mol. The highest BCUT2D eigenvalue weighted by Crippen LogP contribution is 2.50. The third-order valence-electron chi connectivity index (χ3n) is 5.13. The second-order valence-electron chi connectivity index (χ2n) is 7.24. The zero-order valence-corrected chi connectivity index (χ0v) is 13.1. The van der Waals surface area contributed by atoms with Crippen molar-refractivity contribution in [2.45, 2.75) is 45.1 Å². The fourth-order valence-corrected chi connectivity index (χ4v) is 4.33. The van der Waals surface area contributed by atoms with Gasteiger partial charge in [0.2, 0.25) is 0 Å². The van der Waals surface area contributed by atoms with E-state index in [1.54, 1.807) is 0 Å². The molecule has 1 nitrogen and oxygen atoms in total. The van der Waals surface area contributed by atoms with E-state index in [4.69, 9.17) is 4.99 Å². The molecule has 1 aromatic rings. The number of hydrogen-bond donors (Lipinski definition) is 0. The maximum atomic E-state index is 14.2. The van der Waals surface area contributed by atoms with Gasteiger partial charge in [0, 0.05) is 35.1 Å². The third-order valence-corrected chi connectivity index (χ3v) is 5.13. The molecular formula is C19H19F2N. The van der Waals surface area contributed by atoms with Crippen molar-refractivity contribution in [2.24, 2.45) is 10.9 Å². The van der Waals surface area contributed by atoms with Crippen LogP contribution in [0.25, 0.3) is 6.08 Å². The molecule has 3 heteroatoms. The summed E-state index contributed by atoms with van der Waals surface area (Å²) >= 11 is 0. The summed E-state index contributed by atoms with van der Waals surface area (Å²) in [5.74, 6) is -0.343. The van der Waals surface area contributed by atoms with Crippen molar-refractivity contribution in [1.82, 2.24) is 0 Å². The molecule has 0 amide bonds. The van der Waals surface area contributed by atoms with E-state index < -0.39 is 0 Å². The van der Waals surface area contributed by atoms with E-state index in [0.29, 0.717) is 11.1 Å². The molecule has 0 aromatic heterocycles. The first kappa shape index (κ1) is 13.9. The molecule has 0 saturated heterocycles. The zero-order valence-electron chi connectivity index (χ0n) is 13.1. The molecule has 1 heterocycles. The Kier molecular flexibility index (Phi) is 2.76. The van der Waals surface area contributed by atoms with Gasteiger partial charge in [-0.25, -0.2) is 8.78 Å². The van der Waals surface area contributed by atoms with Gasteiger partial charge in [-0.05, 0) is 39.3 Å². The van der Waals surface area contributed by atoms with Crippen LogP contribution in [0.5, 0.6) is 0 Å². The van der Waals surface area contributed by atoms with E-state index in [2.05, 4.69) is 26.8 Å². The van der Waals surface area contributed by atoms with E-state index in [1.807, 2.05) is 6.08 Å². The Labute approximate surface area is 129 Å². The van der Waals surface area contributed by atoms with Crippen LogP contribution in [0.1, 0.15) is 50.7 Å². The van der Waals surface area contributed by atoms with Crippen molar-refractivity contribution >= 4 is 11.8 Å². The number of hydrogen-bond acceptors (Lipinski definition) is 1. The van der Waals surface area contributed by atoms with Crippen molar-refractivity contribution < 1.29 is 8.78 Å². The number of fused-ring (bicyclic) bond motifs is 4. The van der Waals surface area contributed by atoms with Crippen LogP contribution in [0.15, 0.2) is 34.3 Å². The molecule has 1 saturated carbocycles. The number of halogens is 2. The van der Waals surface area contributed by atoms with Crippen LogP contribution in [0.3, 0.4) is 0 Å². The van der Waals surface area contributed by atoms with Crippen molar-refractivity contribution in [3.8, 4) is 0 Å². The van der Waals surface area contributed by atoms with E-state index in [0.717, 1.165) is 18.4 Å². The van der Waals surface area contributed by atoms with Gasteiger partial charge < -0.3 is 0 Å². The highest BCUT2D eigenvalue weighted by Gasteiger charge is 2.40. The lowest BCUT2D eigenvalue weighted by molar-refractivity contribution is 0.517. The number of allylic oxidation sites excluding steroid dienone is 2. The number of dihydropyridines is 1. The number of aliphatic imine (C=N–C) groups is 1. The number of rotatable bonds is 0. The van der Waals surface area contributed by atoms with Gasteiger partial charge in [-0.3, -0.25) is 4.99 Å². The fourth-order valence-electron chi connectivity index (χ4n) is 4.33. The van der Waals surface area contributed by atoms with Gasteiger partial charge in [-0.1, -0.05) is 23.3 Å². The molecule has 22 heavy (non-hydrogen) atoms. The molecule has 2 aliphatic carbocycles. The number of nitrogens with zero attached hydrogens (tertiary/aromatic N) is 1. The van der Waals surface area contributed by atoms with Gasteiger partial charge in [-0.15, -0.1) is 0 Å². The predicted octanol–water partition coefficient (Wildman–Crippen LogP) is 5.03. The molecule has 1 aromatic carbocycles. The molecule has 4 rings (SSSR count). The number of benzene rings is 1. The molecule has 1 aliphatic heterocycles. The Hall–Kier alpha value is -1.77. The summed E-state index contributed by atoms with van der Waals surface area (Å²) in [7, 11) is 0. The molecule has 2 atom stereocenters. The standard InChI is InChI=1S/C19H19F2N/c1-10-9-19(2,3)22-17-7-11-6-14-15(20)4-5-16(21)18(14)13(11)8-12(10)17/h4-6,9,12-13H,7-8H2,1-3H3. The van der Waals surface area contributed by atoms with Crippen LogP contribution >= 0.6 is 0 Å². The van der Waals surface area contributed by atoms with E-state index in [9.17, 15) is 8.78 Å². The van der Waals surface area contributed by atoms with Crippen molar-refractivity contribution in [2.75, 3.05) is 0 Å². The minimum atomic E-state index is -0.323. The fraction of sp³-hybridized carbons (Fsp3) is 0.421. The molecule has 1 fully saturated rings. The van der Waals surface area contributed by atoms with Crippen LogP contribution in [0, 0.1) is 17.6 Å². The van der Waals surface area contributed by atoms with Gasteiger partial charge in [0.05, 0.1) is 5.54 Å². The average Bonchev–Trinajstić information content (AvgIpc) is 2.79. The monoisotopic (exact) mass is 299 g/mol. The predicted molar refractivity (Wildman–Crippen MR) is 85.1 cm³/mol. The van der Waals surface area contributed by atoms with Gasteiger partial charge in [0.15, 0.2) is 0 Å². The van der Waals surface area contributed by atoms with Gasteiger partial charge >= 0.3 is 0 Å². The third kappa shape index (κ3) is 1.91.